The molecule has 38 heavy (non-hydrogen) atoms. The number of esters is 1. The lowest BCUT2D eigenvalue weighted by Gasteiger charge is -2.06. The number of carbonyl (C=O) groups is 6. The van der Waals surface area contributed by atoms with Crippen molar-refractivity contribution in [3.8, 4) is 0 Å². The molecule has 0 spiro atoms. The van der Waals surface area contributed by atoms with Crippen LogP contribution < -0.4 is 0 Å². The molecule has 0 saturated heterocycles. The van der Waals surface area contributed by atoms with Gasteiger partial charge < -0.3 is 19.0 Å². The van der Waals surface area contributed by atoms with Crippen LogP contribution in [0, 0.1) is 0 Å². The van der Waals surface area contributed by atoms with Gasteiger partial charge in [0.05, 0.1) is 19.6 Å². The van der Waals surface area contributed by atoms with Crippen molar-refractivity contribution in [1.82, 2.24) is 0 Å². The molecule has 0 aliphatic carbocycles. The largest absolute Gasteiger partial charge is 0.461 e. The van der Waals surface area contributed by atoms with Gasteiger partial charge in [0, 0.05) is 71.0 Å². The highest BCUT2D eigenvalue weighted by atomic mass is 16.5. The molecule has 0 bridgehead atoms. The number of benzene rings is 1. The summed E-state index contributed by atoms with van der Waals surface area (Å²) in [5.41, 5.74) is 0.879. The van der Waals surface area contributed by atoms with E-state index in [4.69, 9.17) is 14.2 Å². The molecule has 9 heteroatoms. The zero-order valence-electron chi connectivity index (χ0n) is 22.4. The number of rotatable bonds is 24. The Kier molecular flexibility index (Phi) is 18.2. The smallest absolute Gasteiger partial charge is 0.306 e. The first-order valence-electron chi connectivity index (χ1n) is 13.2. The first-order valence-corrected chi connectivity index (χ1v) is 13.2. The van der Waals surface area contributed by atoms with Gasteiger partial charge in [0.25, 0.3) is 0 Å². The maximum atomic E-state index is 11.9. The molecule has 0 aromatic heterocycles. The summed E-state index contributed by atoms with van der Waals surface area (Å²) in [6.45, 7) is 2.97. The number of hydrogen-bond acceptors (Lipinski definition) is 9. The normalized spacial score (nSPS) is 10.7. The fraction of sp³-hybridized carbons (Fsp3) is 0.586. The molecule has 0 unspecified atom stereocenters. The highest BCUT2D eigenvalue weighted by Crippen LogP contribution is 2.06. The van der Waals surface area contributed by atoms with Crippen molar-refractivity contribution in [3.05, 3.63) is 35.9 Å². The summed E-state index contributed by atoms with van der Waals surface area (Å²) in [4.78, 5) is 69.8. The topological polar surface area (TPSA) is 130 Å². The van der Waals surface area contributed by atoms with Crippen LogP contribution in [0.5, 0.6) is 0 Å². The maximum absolute atomic E-state index is 11.9. The quantitative estimate of drug-likeness (QED) is 0.144. The first-order chi connectivity index (χ1) is 18.3. The zero-order chi connectivity index (χ0) is 28.0. The third-order valence-electron chi connectivity index (χ3n) is 5.60. The minimum atomic E-state index is -0.438. The lowest BCUT2D eigenvalue weighted by molar-refractivity contribution is -0.146. The lowest BCUT2D eigenvalue weighted by atomic mass is 10.1. The van der Waals surface area contributed by atoms with Crippen LogP contribution in [0.25, 0.3) is 0 Å². The second-order valence-corrected chi connectivity index (χ2v) is 9.08. The Hall–Kier alpha value is -3.04. The second-order valence-electron chi connectivity index (χ2n) is 9.08. The van der Waals surface area contributed by atoms with Crippen molar-refractivity contribution >= 4 is 34.9 Å². The third kappa shape index (κ3) is 19.1. The van der Waals surface area contributed by atoms with Crippen LogP contribution in [0.4, 0.5) is 0 Å². The van der Waals surface area contributed by atoms with Crippen molar-refractivity contribution in [2.75, 3.05) is 26.4 Å². The highest BCUT2D eigenvalue weighted by molar-refractivity contribution is 5.89. The van der Waals surface area contributed by atoms with Gasteiger partial charge in [-0.25, -0.2) is 0 Å². The molecule has 0 amide bonds. The lowest BCUT2D eigenvalue weighted by Crippen LogP contribution is -2.11. The summed E-state index contributed by atoms with van der Waals surface area (Å²) >= 11 is 0. The van der Waals surface area contributed by atoms with Gasteiger partial charge in [-0.05, 0) is 18.9 Å². The molecule has 0 aliphatic heterocycles. The van der Waals surface area contributed by atoms with Crippen molar-refractivity contribution < 1.29 is 43.0 Å². The zero-order valence-corrected chi connectivity index (χ0v) is 22.4. The van der Waals surface area contributed by atoms with Gasteiger partial charge in [-0.3, -0.25) is 24.0 Å². The van der Waals surface area contributed by atoms with Crippen LogP contribution >= 0.6 is 0 Å². The average molecular weight is 533 g/mol. The molecule has 0 radical (unpaired) electrons. The minimum absolute atomic E-state index is 0.00109. The Morgan fingerprint density at radius 3 is 1.50 bits per heavy atom. The van der Waals surface area contributed by atoms with Gasteiger partial charge in [-0.1, -0.05) is 30.3 Å². The number of hydrogen-bond donors (Lipinski definition) is 0. The molecule has 1 rings (SSSR count). The minimum Gasteiger partial charge on any atom is -0.461 e. The van der Waals surface area contributed by atoms with Crippen LogP contribution in [0.15, 0.2) is 30.3 Å². The maximum Gasteiger partial charge on any atom is 0.306 e. The predicted molar refractivity (Wildman–Crippen MR) is 139 cm³/mol. The van der Waals surface area contributed by atoms with E-state index in [1.54, 1.807) is 0 Å². The van der Waals surface area contributed by atoms with E-state index in [9.17, 15) is 28.8 Å². The Morgan fingerprint density at radius 1 is 0.553 bits per heavy atom. The van der Waals surface area contributed by atoms with Gasteiger partial charge in [0.1, 0.15) is 35.5 Å². The van der Waals surface area contributed by atoms with Crippen LogP contribution in [-0.2, 0) is 49.6 Å². The molecule has 0 saturated carbocycles. The van der Waals surface area contributed by atoms with Crippen molar-refractivity contribution in [1.29, 1.82) is 0 Å². The first kappa shape index (κ1) is 33.0. The van der Waals surface area contributed by atoms with Crippen LogP contribution in [0.3, 0.4) is 0 Å². The van der Waals surface area contributed by atoms with Crippen LogP contribution in [0.2, 0.25) is 0 Å². The van der Waals surface area contributed by atoms with E-state index in [0.717, 1.165) is 5.56 Å². The summed E-state index contributed by atoms with van der Waals surface area (Å²) < 4.78 is 15.9. The molecule has 210 valence electrons. The van der Waals surface area contributed by atoms with Gasteiger partial charge in [-0.2, -0.15) is 0 Å². The molecule has 1 aromatic carbocycles. The molecule has 0 heterocycles. The average Bonchev–Trinajstić information content (AvgIpc) is 2.91. The molecule has 0 atom stereocenters. The summed E-state index contributed by atoms with van der Waals surface area (Å²) in [5, 5.41) is 0. The van der Waals surface area contributed by atoms with Gasteiger partial charge >= 0.3 is 5.97 Å². The Balaban J connectivity index is 1.92. The summed E-state index contributed by atoms with van der Waals surface area (Å²) in [7, 11) is 0. The van der Waals surface area contributed by atoms with Gasteiger partial charge in [0.15, 0.2) is 0 Å². The van der Waals surface area contributed by atoms with Crippen molar-refractivity contribution in [2.24, 2.45) is 0 Å². The van der Waals surface area contributed by atoms with E-state index in [1.807, 2.05) is 30.3 Å². The number of ketones is 5. The van der Waals surface area contributed by atoms with Crippen molar-refractivity contribution in [2.45, 2.75) is 84.2 Å². The van der Waals surface area contributed by atoms with Crippen LogP contribution in [0.1, 0.15) is 83.1 Å². The molecule has 0 aliphatic rings. The van der Waals surface area contributed by atoms with E-state index in [2.05, 4.69) is 0 Å². The monoisotopic (exact) mass is 532 g/mol. The molecular formula is C29H40O9. The fourth-order valence-electron chi connectivity index (χ4n) is 3.26. The van der Waals surface area contributed by atoms with E-state index < -0.39 is 5.97 Å². The van der Waals surface area contributed by atoms with E-state index in [0.29, 0.717) is 19.6 Å². The highest BCUT2D eigenvalue weighted by Gasteiger charge is 2.11. The number of ether oxygens (including phenoxy) is 3. The summed E-state index contributed by atoms with van der Waals surface area (Å²) in [5.74, 6) is -0.809. The third-order valence-corrected chi connectivity index (χ3v) is 5.60. The second kappa shape index (κ2) is 21.0. The standard InChI is InChI=1S/C29H40O9/c1-23(30)8-9-25(31)10-12-27(33)16-20-36-18-5-19-37-21-17-28(34)13-11-26(32)14-15-29(35)38-22-24-6-3-2-4-7-24/h2-4,6-7H,5,8-22H2,1H3. The number of carbonyl (C=O) groups excluding carboxylic acids is 6. The van der Waals surface area contributed by atoms with Gasteiger partial charge in [-0.15, -0.1) is 0 Å². The Labute approximate surface area is 224 Å². The number of Topliss-reactive ketones (excluding diaryl/α,β-unsaturated/α-hetero) is 5. The Bertz CT molecular complexity index is 893. The van der Waals surface area contributed by atoms with E-state index >= 15 is 0 Å². The summed E-state index contributed by atoms with van der Waals surface area (Å²) in [6, 6.07) is 9.28. The molecule has 0 fully saturated rings. The van der Waals surface area contributed by atoms with E-state index in [1.165, 1.54) is 6.92 Å². The van der Waals surface area contributed by atoms with Crippen LogP contribution in [-0.4, -0.2) is 61.3 Å². The SMILES string of the molecule is CC(=O)CCC(=O)CCC(=O)CCOCCCOCCC(=O)CCC(=O)CCC(=O)OCc1ccccc1. The molecule has 1 aromatic rings. The molecule has 0 N–H and O–H groups in total. The Morgan fingerprint density at radius 2 is 1.00 bits per heavy atom. The van der Waals surface area contributed by atoms with Crippen molar-refractivity contribution in [3.63, 3.8) is 0 Å². The van der Waals surface area contributed by atoms with Gasteiger partial charge in [0.2, 0.25) is 0 Å². The molecule has 9 nitrogen and oxygen atoms in total. The molecular weight excluding hydrogens is 492 g/mol. The van der Waals surface area contributed by atoms with E-state index in [-0.39, 0.29) is 113 Å². The summed E-state index contributed by atoms with van der Waals surface area (Å²) in [6.07, 6.45) is 2.10. The predicted octanol–water partition coefficient (Wildman–Crippen LogP) is 3.92. The fourth-order valence-corrected chi connectivity index (χ4v) is 3.26.